The predicted molar refractivity (Wildman–Crippen MR) is 116 cm³/mol. The van der Waals surface area contributed by atoms with Crippen molar-refractivity contribution in [2.75, 3.05) is 13.1 Å². The average Bonchev–Trinajstić information content (AvgIpc) is 2.76. The van der Waals surface area contributed by atoms with Crippen LogP contribution < -0.4 is 16.5 Å². The molecule has 154 valence electrons. The van der Waals surface area contributed by atoms with Gasteiger partial charge in [-0.15, -0.1) is 0 Å². The molecule has 0 aliphatic rings. The highest BCUT2D eigenvalue weighted by molar-refractivity contribution is 5.84. The van der Waals surface area contributed by atoms with E-state index in [-0.39, 0.29) is 28.2 Å². The van der Waals surface area contributed by atoms with E-state index in [1.807, 2.05) is 30.3 Å². The Kier molecular flexibility index (Phi) is 6.99. The highest BCUT2D eigenvalue weighted by atomic mass is 16.3. The molecule has 6 nitrogen and oxygen atoms in total. The van der Waals surface area contributed by atoms with E-state index in [0.29, 0.717) is 49.3 Å². The molecule has 1 heterocycles. The number of fused-ring (bicyclic) bond motifs is 1. The number of amides is 1. The highest BCUT2D eigenvalue weighted by Gasteiger charge is 2.21. The fourth-order valence-electron chi connectivity index (χ4n) is 3.42. The number of hydrogen-bond donors (Lipinski definition) is 2. The lowest BCUT2D eigenvalue weighted by atomic mass is 9.95. The zero-order valence-electron chi connectivity index (χ0n) is 17.0. The van der Waals surface area contributed by atoms with Gasteiger partial charge < -0.3 is 15.5 Å². The monoisotopic (exact) mass is 403 g/mol. The Balaban J connectivity index is 2.03. The lowest BCUT2D eigenvalue weighted by Gasteiger charge is -2.15. The molecular formula is C24H25N3O3. The Morgan fingerprint density at radius 2 is 1.97 bits per heavy atom. The summed E-state index contributed by atoms with van der Waals surface area (Å²) in [6.45, 7) is 2.83. The van der Waals surface area contributed by atoms with Crippen LogP contribution in [0.25, 0.3) is 11.0 Å². The van der Waals surface area contributed by atoms with Crippen LogP contribution in [0.15, 0.2) is 57.7 Å². The maximum Gasteiger partial charge on any atom is 0.223 e. The molecule has 0 saturated carbocycles. The van der Waals surface area contributed by atoms with Crippen molar-refractivity contribution in [2.24, 2.45) is 11.7 Å². The fourth-order valence-corrected chi connectivity index (χ4v) is 3.42. The normalized spacial score (nSPS) is 11.8. The number of carbonyl (C=O) groups is 1. The number of rotatable bonds is 8. The minimum atomic E-state index is -0.378. The number of hydrogen-bond acceptors (Lipinski definition) is 5. The van der Waals surface area contributed by atoms with Crippen molar-refractivity contribution in [1.29, 1.82) is 5.26 Å². The van der Waals surface area contributed by atoms with E-state index in [0.717, 1.165) is 5.56 Å². The van der Waals surface area contributed by atoms with Gasteiger partial charge >= 0.3 is 0 Å². The van der Waals surface area contributed by atoms with Crippen molar-refractivity contribution in [3.63, 3.8) is 0 Å². The summed E-state index contributed by atoms with van der Waals surface area (Å²) in [5.74, 6) is -0.00685. The number of nitrogens with zero attached hydrogens (tertiary/aromatic N) is 1. The Morgan fingerprint density at radius 3 is 2.67 bits per heavy atom. The summed E-state index contributed by atoms with van der Waals surface area (Å²) in [4.78, 5) is 25.8. The molecule has 30 heavy (non-hydrogen) atoms. The summed E-state index contributed by atoms with van der Waals surface area (Å²) >= 11 is 0. The molecule has 0 radical (unpaired) electrons. The molecule has 0 spiro atoms. The van der Waals surface area contributed by atoms with Crippen LogP contribution >= 0.6 is 0 Å². The van der Waals surface area contributed by atoms with Gasteiger partial charge in [-0.25, -0.2) is 0 Å². The quantitative estimate of drug-likeness (QED) is 0.562. The smallest absolute Gasteiger partial charge is 0.223 e. The molecule has 1 aromatic heterocycles. The van der Waals surface area contributed by atoms with Gasteiger partial charge in [0, 0.05) is 30.9 Å². The Labute approximate surface area is 175 Å². The van der Waals surface area contributed by atoms with Gasteiger partial charge in [0.1, 0.15) is 17.4 Å². The molecule has 1 amide bonds. The van der Waals surface area contributed by atoms with Gasteiger partial charge in [0.2, 0.25) is 5.91 Å². The number of benzene rings is 2. The first-order valence-corrected chi connectivity index (χ1v) is 10.0. The van der Waals surface area contributed by atoms with Crippen LogP contribution in [-0.4, -0.2) is 19.0 Å². The molecule has 3 rings (SSSR count). The Morgan fingerprint density at radius 1 is 1.20 bits per heavy atom. The Bertz CT molecular complexity index is 1130. The van der Waals surface area contributed by atoms with E-state index < -0.39 is 0 Å². The second-order valence-corrected chi connectivity index (χ2v) is 7.32. The lowest BCUT2D eigenvalue weighted by Crippen LogP contribution is -2.32. The predicted octanol–water partition coefficient (Wildman–Crippen LogP) is 2.90. The van der Waals surface area contributed by atoms with E-state index in [1.54, 1.807) is 25.1 Å². The summed E-state index contributed by atoms with van der Waals surface area (Å²) in [6, 6.07) is 16.7. The third-order valence-corrected chi connectivity index (χ3v) is 5.06. The van der Waals surface area contributed by atoms with Gasteiger partial charge in [-0.05, 0) is 30.7 Å². The molecule has 2 aromatic carbocycles. The van der Waals surface area contributed by atoms with Crippen LogP contribution in [0.3, 0.4) is 0 Å². The van der Waals surface area contributed by atoms with Gasteiger partial charge in [0.05, 0.1) is 10.9 Å². The van der Waals surface area contributed by atoms with Gasteiger partial charge in [0.25, 0.3) is 0 Å². The minimum absolute atomic E-state index is 0.109. The van der Waals surface area contributed by atoms with E-state index in [9.17, 15) is 14.9 Å². The summed E-state index contributed by atoms with van der Waals surface area (Å²) < 4.78 is 6.08. The second kappa shape index (κ2) is 9.86. The maximum absolute atomic E-state index is 13.4. The highest BCUT2D eigenvalue weighted by Crippen LogP contribution is 2.23. The van der Waals surface area contributed by atoms with E-state index in [2.05, 4.69) is 11.4 Å². The molecule has 1 unspecified atom stereocenters. The topological polar surface area (TPSA) is 109 Å². The minimum Gasteiger partial charge on any atom is -0.460 e. The number of nitrogens with two attached hydrogens (primary N) is 1. The van der Waals surface area contributed by atoms with Gasteiger partial charge in [-0.1, -0.05) is 43.3 Å². The Hall–Kier alpha value is -3.43. The molecule has 0 saturated heterocycles. The largest absolute Gasteiger partial charge is 0.460 e. The van der Waals surface area contributed by atoms with Gasteiger partial charge in [0.15, 0.2) is 5.43 Å². The molecule has 0 bridgehead atoms. The molecular weight excluding hydrogens is 378 g/mol. The zero-order valence-corrected chi connectivity index (χ0v) is 17.0. The van der Waals surface area contributed by atoms with Crippen LogP contribution in [0.5, 0.6) is 0 Å². The third-order valence-electron chi connectivity index (χ3n) is 5.06. The van der Waals surface area contributed by atoms with E-state index in [1.165, 1.54) is 0 Å². The van der Waals surface area contributed by atoms with Crippen LogP contribution in [0.1, 0.15) is 35.8 Å². The lowest BCUT2D eigenvalue weighted by molar-refractivity contribution is -0.124. The first kappa shape index (κ1) is 21.3. The molecule has 0 fully saturated rings. The molecule has 0 aliphatic carbocycles. The van der Waals surface area contributed by atoms with Crippen LogP contribution in [-0.2, 0) is 17.6 Å². The molecule has 3 aromatic rings. The van der Waals surface area contributed by atoms with Crippen molar-refractivity contribution >= 4 is 16.9 Å². The van der Waals surface area contributed by atoms with Crippen molar-refractivity contribution < 1.29 is 9.21 Å². The number of carbonyl (C=O) groups excluding carboxylic acids is 1. The summed E-state index contributed by atoms with van der Waals surface area (Å²) in [7, 11) is 0. The van der Waals surface area contributed by atoms with E-state index in [4.69, 9.17) is 10.2 Å². The average molecular weight is 403 g/mol. The molecule has 3 N–H and O–H groups in total. The van der Waals surface area contributed by atoms with Gasteiger partial charge in [-0.2, -0.15) is 5.26 Å². The molecule has 6 heteroatoms. The van der Waals surface area contributed by atoms with E-state index >= 15 is 0 Å². The van der Waals surface area contributed by atoms with Crippen molar-refractivity contribution in [2.45, 2.75) is 26.2 Å². The third kappa shape index (κ3) is 4.76. The first-order valence-electron chi connectivity index (χ1n) is 10.0. The molecule has 1 atom stereocenters. The van der Waals surface area contributed by atoms with Crippen molar-refractivity contribution in [1.82, 2.24) is 5.32 Å². The SMILES string of the molecule is CC(Cc1oc2cccc(C#N)c2c(=O)c1Cc1ccccc1)C(=O)NCCCN. The summed E-state index contributed by atoms with van der Waals surface area (Å²) in [5.41, 5.74) is 7.35. The number of nitriles is 1. The second-order valence-electron chi connectivity index (χ2n) is 7.32. The maximum atomic E-state index is 13.4. The zero-order chi connectivity index (χ0) is 21.5. The van der Waals surface area contributed by atoms with Crippen LogP contribution in [0, 0.1) is 17.2 Å². The summed E-state index contributed by atoms with van der Waals surface area (Å²) in [5, 5.41) is 12.6. The van der Waals surface area contributed by atoms with Crippen molar-refractivity contribution in [3.8, 4) is 6.07 Å². The molecule has 0 aliphatic heterocycles. The van der Waals surface area contributed by atoms with Gasteiger partial charge in [-0.3, -0.25) is 9.59 Å². The fraction of sp³-hybridized carbons (Fsp3) is 0.292. The van der Waals surface area contributed by atoms with Crippen LogP contribution in [0.4, 0.5) is 0 Å². The van der Waals surface area contributed by atoms with Crippen LogP contribution in [0.2, 0.25) is 0 Å². The summed E-state index contributed by atoms with van der Waals surface area (Å²) in [6.07, 6.45) is 1.37. The number of nitrogens with one attached hydrogen (secondary N) is 1. The standard InChI is InChI=1S/C24H25N3O3/c1-16(24(29)27-12-6-11-25)13-21-19(14-17-7-3-2-4-8-17)23(28)22-18(15-26)9-5-10-20(22)30-21/h2-5,7-10,16H,6,11-14,25H2,1H3,(H,27,29). The van der Waals surface area contributed by atoms with Crippen molar-refractivity contribution in [3.05, 3.63) is 81.2 Å². The first-order chi connectivity index (χ1) is 14.5.